The number of nitrogens with one attached hydrogen (secondary N) is 2. The molecule has 0 saturated heterocycles. The molecule has 0 unspecified atom stereocenters. The van der Waals surface area contributed by atoms with Crippen molar-refractivity contribution in [1.82, 2.24) is 10.3 Å². The predicted molar refractivity (Wildman–Crippen MR) is 101 cm³/mol. The molecule has 2 N–H and O–H groups in total. The van der Waals surface area contributed by atoms with Crippen LogP contribution in [0.4, 0.5) is 0 Å². The van der Waals surface area contributed by atoms with Gasteiger partial charge in [0.1, 0.15) is 5.76 Å². The first-order valence-electron chi connectivity index (χ1n) is 8.17. The van der Waals surface area contributed by atoms with Gasteiger partial charge in [-0.05, 0) is 36.2 Å². The molecule has 6 heteroatoms. The Kier molecular flexibility index (Phi) is 5.60. The number of aryl methyl sites for hydroxylation is 1. The van der Waals surface area contributed by atoms with Gasteiger partial charge in [0.2, 0.25) is 5.91 Å². The van der Waals surface area contributed by atoms with E-state index in [-0.39, 0.29) is 11.3 Å². The van der Waals surface area contributed by atoms with Crippen LogP contribution in [-0.4, -0.2) is 16.6 Å². The van der Waals surface area contributed by atoms with Gasteiger partial charge in [-0.15, -0.1) is 11.8 Å². The number of aromatic amines is 1. The summed E-state index contributed by atoms with van der Waals surface area (Å²) in [6, 6.07) is 11.1. The van der Waals surface area contributed by atoms with Crippen LogP contribution in [-0.2, 0) is 23.5 Å². The molecular formula is C19H20N2O3S. The van der Waals surface area contributed by atoms with Crippen molar-refractivity contribution in [3.05, 3.63) is 69.9 Å². The third kappa shape index (κ3) is 4.54. The standard InChI is InChI=1S/C19H20N2O3S/c1-2-13-5-6-17-16(8-13)18(22)9-14(21-17)11-25-12-19(23)20-10-15-4-3-7-24-15/h3-9H,2,10-12H2,1H3,(H,20,23)(H,21,22). The van der Waals surface area contributed by atoms with Crippen LogP contribution in [0.1, 0.15) is 23.9 Å². The van der Waals surface area contributed by atoms with E-state index < -0.39 is 0 Å². The summed E-state index contributed by atoms with van der Waals surface area (Å²) in [5.74, 6) is 1.57. The fourth-order valence-corrected chi connectivity index (χ4v) is 3.32. The molecule has 0 aliphatic heterocycles. The number of fused-ring (bicyclic) bond motifs is 1. The SMILES string of the molecule is CCc1ccc2[nH]c(CSCC(=O)NCc3ccco3)cc(=O)c2c1. The van der Waals surface area contributed by atoms with Crippen LogP contribution in [0.25, 0.3) is 10.9 Å². The minimum atomic E-state index is -0.0582. The van der Waals surface area contributed by atoms with Gasteiger partial charge < -0.3 is 14.7 Å². The summed E-state index contributed by atoms with van der Waals surface area (Å²) in [6.45, 7) is 2.45. The summed E-state index contributed by atoms with van der Waals surface area (Å²) in [4.78, 5) is 27.4. The molecule has 130 valence electrons. The zero-order valence-corrected chi connectivity index (χ0v) is 14.8. The van der Waals surface area contributed by atoms with Gasteiger partial charge in [-0.1, -0.05) is 13.0 Å². The van der Waals surface area contributed by atoms with Crippen molar-refractivity contribution in [1.29, 1.82) is 0 Å². The van der Waals surface area contributed by atoms with E-state index in [1.165, 1.54) is 11.8 Å². The van der Waals surface area contributed by atoms with E-state index in [4.69, 9.17) is 4.42 Å². The zero-order chi connectivity index (χ0) is 17.6. The molecule has 3 rings (SSSR count). The number of hydrogen-bond donors (Lipinski definition) is 2. The summed E-state index contributed by atoms with van der Waals surface area (Å²) >= 11 is 1.46. The van der Waals surface area contributed by atoms with Crippen LogP contribution < -0.4 is 10.7 Å². The van der Waals surface area contributed by atoms with E-state index >= 15 is 0 Å². The monoisotopic (exact) mass is 356 g/mol. The van der Waals surface area contributed by atoms with Crippen molar-refractivity contribution in [2.24, 2.45) is 0 Å². The average molecular weight is 356 g/mol. The molecule has 1 amide bonds. The maximum absolute atomic E-state index is 12.3. The first-order chi connectivity index (χ1) is 12.2. The lowest BCUT2D eigenvalue weighted by atomic mass is 10.1. The maximum Gasteiger partial charge on any atom is 0.230 e. The normalized spacial score (nSPS) is 10.9. The molecule has 2 heterocycles. The van der Waals surface area contributed by atoms with Gasteiger partial charge in [0.05, 0.1) is 18.6 Å². The van der Waals surface area contributed by atoms with Crippen LogP contribution in [0.5, 0.6) is 0 Å². The van der Waals surface area contributed by atoms with Gasteiger partial charge in [-0.3, -0.25) is 9.59 Å². The minimum absolute atomic E-state index is 0.0157. The molecular weight excluding hydrogens is 336 g/mol. The predicted octanol–water partition coefficient (Wildman–Crippen LogP) is 3.23. The lowest BCUT2D eigenvalue weighted by Gasteiger charge is -2.06. The molecule has 0 saturated carbocycles. The number of aromatic nitrogens is 1. The van der Waals surface area contributed by atoms with Crippen molar-refractivity contribution in [2.45, 2.75) is 25.6 Å². The number of hydrogen-bond acceptors (Lipinski definition) is 4. The molecule has 3 aromatic rings. The molecule has 0 aliphatic rings. The van der Waals surface area contributed by atoms with Gasteiger partial charge in [0.25, 0.3) is 0 Å². The zero-order valence-electron chi connectivity index (χ0n) is 14.0. The van der Waals surface area contributed by atoms with Gasteiger partial charge in [-0.25, -0.2) is 0 Å². The molecule has 0 aliphatic carbocycles. The third-order valence-corrected chi connectivity index (χ3v) is 4.87. The largest absolute Gasteiger partial charge is 0.467 e. The second-order valence-corrected chi connectivity index (χ2v) is 6.73. The van der Waals surface area contributed by atoms with Gasteiger partial charge in [0.15, 0.2) is 5.43 Å². The van der Waals surface area contributed by atoms with E-state index in [0.717, 1.165) is 29.0 Å². The lowest BCUT2D eigenvalue weighted by molar-refractivity contribution is -0.118. The van der Waals surface area contributed by atoms with Crippen molar-refractivity contribution in [3.63, 3.8) is 0 Å². The van der Waals surface area contributed by atoms with Crippen LogP contribution >= 0.6 is 11.8 Å². The van der Waals surface area contributed by atoms with E-state index in [0.29, 0.717) is 23.4 Å². The molecule has 0 atom stereocenters. The summed E-state index contributed by atoms with van der Waals surface area (Å²) in [5.41, 5.74) is 2.82. The lowest BCUT2D eigenvalue weighted by Crippen LogP contribution is -2.24. The number of carbonyl (C=O) groups excluding carboxylic acids is 1. The summed E-state index contributed by atoms with van der Waals surface area (Å²) in [7, 11) is 0. The third-order valence-electron chi connectivity index (χ3n) is 3.89. The molecule has 5 nitrogen and oxygen atoms in total. The Morgan fingerprint density at radius 2 is 2.16 bits per heavy atom. The first kappa shape index (κ1) is 17.4. The smallest absolute Gasteiger partial charge is 0.230 e. The number of thioether (sulfide) groups is 1. The van der Waals surface area contributed by atoms with E-state index in [2.05, 4.69) is 17.2 Å². The molecule has 2 aromatic heterocycles. The van der Waals surface area contributed by atoms with Crippen LogP contribution in [0.2, 0.25) is 0 Å². The number of amides is 1. The van der Waals surface area contributed by atoms with Crippen LogP contribution in [0, 0.1) is 0 Å². The number of carbonyl (C=O) groups is 1. The fourth-order valence-electron chi connectivity index (χ4n) is 2.55. The highest BCUT2D eigenvalue weighted by atomic mass is 32.2. The minimum Gasteiger partial charge on any atom is -0.467 e. The summed E-state index contributed by atoms with van der Waals surface area (Å²) in [5, 5.41) is 3.51. The fraction of sp³-hybridized carbons (Fsp3) is 0.263. The van der Waals surface area contributed by atoms with Gasteiger partial charge in [0, 0.05) is 28.4 Å². The quantitative estimate of drug-likeness (QED) is 0.681. The van der Waals surface area contributed by atoms with E-state index in [9.17, 15) is 9.59 Å². The van der Waals surface area contributed by atoms with Gasteiger partial charge >= 0.3 is 0 Å². The topological polar surface area (TPSA) is 75.1 Å². The highest BCUT2D eigenvalue weighted by Gasteiger charge is 2.06. The Bertz CT molecular complexity index is 916. The Balaban J connectivity index is 1.56. The Hall–Kier alpha value is -2.47. The molecule has 0 fully saturated rings. The first-order valence-corrected chi connectivity index (χ1v) is 9.33. The molecule has 0 radical (unpaired) electrons. The van der Waals surface area contributed by atoms with Crippen LogP contribution in [0.3, 0.4) is 0 Å². The Morgan fingerprint density at radius 1 is 1.28 bits per heavy atom. The average Bonchev–Trinajstić information content (AvgIpc) is 3.13. The van der Waals surface area contributed by atoms with Crippen molar-refractivity contribution in [2.75, 3.05) is 5.75 Å². The summed E-state index contributed by atoms with van der Waals surface area (Å²) in [6.07, 6.45) is 2.48. The van der Waals surface area contributed by atoms with Crippen LogP contribution in [0.15, 0.2) is 51.9 Å². The van der Waals surface area contributed by atoms with Gasteiger partial charge in [-0.2, -0.15) is 0 Å². The molecule has 0 spiro atoms. The highest BCUT2D eigenvalue weighted by molar-refractivity contribution is 7.99. The van der Waals surface area contributed by atoms with E-state index in [1.807, 2.05) is 24.3 Å². The Labute approximate surface area is 149 Å². The number of rotatable bonds is 7. The molecule has 25 heavy (non-hydrogen) atoms. The van der Waals surface area contributed by atoms with Crippen molar-refractivity contribution < 1.29 is 9.21 Å². The number of pyridine rings is 1. The Morgan fingerprint density at radius 3 is 2.92 bits per heavy atom. The van der Waals surface area contributed by atoms with Crippen molar-refractivity contribution >= 4 is 28.6 Å². The van der Waals surface area contributed by atoms with Crippen molar-refractivity contribution in [3.8, 4) is 0 Å². The number of benzene rings is 1. The molecule has 1 aromatic carbocycles. The summed E-state index contributed by atoms with van der Waals surface area (Å²) < 4.78 is 5.17. The highest BCUT2D eigenvalue weighted by Crippen LogP contribution is 2.15. The number of H-pyrrole nitrogens is 1. The second-order valence-electron chi connectivity index (χ2n) is 5.74. The molecule has 0 bridgehead atoms. The number of furan rings is 1. The second kappa shape index (κ2) is 8.07. The maximum atomic E-state index is 12.3. The van der Waals surface area contributed by atoms with E-state index in [1.54, 1.807) is 18.4 Å².